The Kier molecular flexibility index (Phi) is 6.03. The van der Waals surface area contributed by atoms with Gasteiger partial charge in [-0.2, -0.15) is 13.2 Å². The van der Waals surface area contributed by atoms with Crippen molar-refractivity contribution in [1.82, 2.24) is 9.80 Å². The molecule has 0 spiro atoms. The van der Waals surface area contributed by atoms with E-state index in [9.17, 15) is 18.0 Å². The Morgan fingerprint density at radius 2 is 2.15 bits per heavy atom. The molecule has 0 fully saturated rings. The molecule has 1 amide bonds. The fourth-order valence-corrected chi connectivity index (χ4v) is 1.65. The van der Waals surface area contributed by atoms with E-state index >= 15 is 0 Å². The summed E-state index contributed by atoms with van der Waals surface area (Å²) in [5, 5.41) is 8.74. The minimum absolute atomic E-state index is 0.185. The highest BCUT2D eigenvalue weighted by molar-refractivity contribution is 5.77. The van der Waals surface area contributed by atoms with E-state index < -0.39 is 31.8 Å². The van der Waals surface area contributed by atoms with Crippen molar-refractivity contribution in [2.75, 3.05) is 33.3 Å². The van der Waals surface area contributed by atoms with Crippen LogP contribution in [0.4, 0.5) is 13.2 Å². The standard InChI is InChI=1S/C12H17F3N2O3/c1-16(7-10-3-2-6-20-10)11(19)8-17(4-5-18)9-12(13,14)15/h2-3,6,18H,4-5,7-9H2,1H3. The maximum absolute atomic E-state index is 12.3. The van der Waals surface area contributed by atoms with Gasteiger partial charge in [0.05, 0.1) is 32.5 Å². The van der Waals surface area contributed by atoms with Gasteiger partial charge in [-0.3, -0.25) is 9.69 Å². The number of furan rings is 1. The summed E-state index contributed by atoms with van der Waals surface area (Å²) < 4.78 is 42.0. The second-order valence-electron chi connectivity index (χ2n) is 4.38. The molecule has 0 aliphatic heterocycles. The monoisotopic (exact) mass is 294 g/mol. The van der Waals surface area contributed by atoms with E-state index in [4.69, 9.17) is 9.52 Å². The second-order valence-corrected chi connectivity index (χ2v) is 4.38. The first-order valence-corrected chi connectivity index (χ1v) is 5.98. The number of hydrogen-bond acceptors (Lipinski definition) is 4. The lowest BCUT2D eigenvalue weighted by molar-refractivity contribution is -0.152. The number of alkyl halides is 3. The molecule has 1 rings (SSSR count). The third-order valence-electron chi connectivity index (χ3n) is 2.58. The Morgan fingerprint density at radius 1 is 1.45 bits per heavy atom. The molecular weight excluding hydrogens is 277 g/mol. The number of rotatable bonds is 7. The van der Waals surface area contributed by atoms with Gasteiger partial charge in [0.15, 0.2) is 0 Å². The Labute approximate surface area is 114 Å². The van der Waals surface area contributed by atoms with E-state index in [-0.39, 0.29) is 13.1 Å². The van der Waals surface area contributed by atoms with Crippen molar-refractivity contribution in [2.24, 2.45) is 0 Å². The summed E-state index contributed by atoms with van der Waals surface area (Å²) in [5.74, 6) is 0.0736. The molecule has 0 aliphatic carbocycles. The molecule has 1 aromatic heterocycles. The van der Waals surface area contributed by atoms with Gasteiger partial charge < -0.3 is 14.4 Å². The summed E-state index contributed by atoms with van der Waals surface area (Å²) in [6.45, 7) is -2.10. The van der Waals surface area contributed by atoms with E-state index in [0.29, 0.717) is 5.76 Å². The molecule has 0 unspecified atom stereocenters. The summed E-state index contributed by atoms with van der Waals surface area (Å²) in [6.07, 6.45) is -2.95. The smallest absolute Gasteiger partial charge is 0.401 e. The number of halogens is 3. The largest absolute Gasteiger partial charge is 0.467 e. The molecule has 0 saturated carbocycles. The number of nitrogens with zero attached hydrogens (tertiary/aromatic N) is 2. The van der Waals surface area contributed by atoms with Crippen LogP contribution in [0.3, 0.4) is 0 Å². The fraction of sp³-hybridized carbons (Fsp3) is 0.583. The summed E-state index contributed by atoms with van der Waals surface area (Å²) >= 11 is 0. The minimum atomic E-state index is -4.41. The average Bonchev–Trinajstić information content (AvgIpc) is 2.79. The van der Waals surface area contributed by atoms with Gasteiger partial charge in [0, 0.05) is 13.6 Å². The van der Waals surface area contributed by atoms with Gasteiger partial charge >= 0.3 is 6.18 Å². The van der Waals surface area contributed by atoms with Crippen LogP contribution in [0.5, 0.6) is 0 Å². The highest BCUT2D eigenvalue weighted by atomic mass is 19.4. The van der Waals surface area contributed by atoms with Crippen LogP contribution in [-0.4, -0.2) is 60.3 Å². The predicted molar refractivity (Wildman–Crippen MR) is 64.8 cm³/mol. The van der Waals surface area contributed by atoms with Crippen molar-refractivity contribution < 1.29 is 27.5 Å². The first-order chi connectivity index (χ1) is 9.31. The minimum Gasteiger partial charge on any atom is -0.467 e. The molecule has 0 saturated heterocycles. The molecule has 0 atom stereocenters. The number of carbonyl (C=O) groups excluding carboxylic acids is 1. The molecule has 1 aromatic rings. The molecule has 1 N–H and O–H groups in total. The zero-order valence-corrected chi connectivity index (χ0v) is 11.1. The van der Waals surface area contributed by atoms with Crippen molar-refractivity contribution in [3.63, 3.8) is 0 Å². The summed E-state index contributed by atoms with van der Waals surface area (Å²) in [5.41, 5.74) is 0. The number of carbonyl (C=O) groups is 1. The average molecular weight is 294 g/mol. The number of aliphatic hydroxyl groups is 1. The van der Waals surface area contributed by atoms with Crippen LogP contribution < -0.4 is 0 Å². The normalized spacial score (nSPS) is 11.9. The highest BCUT2D eigenvalue weighted by Crippen LogP contribution is 2.16. The quantitative estimate of drug-likeness (QED) is 0.818. The SMILES string of the molecule is CN(Cc1ccco1)C(=O)CN(CCO)CC(F)(F)F. The van der Waals surface area contributed by atoms with Gasteiger partial charge in [-0.25, -0.2) is 0 Å². The van der Waals surface area contributed by atoms with Crippen LogP contribution in [-0.2, 0) is 11.3 Å². The molecule has 8 heteroatoms. The fourth-order valence-electron chi connectivity index (χ4n) is 1.65. The molecule has 1 heterocycles. The zero-order chi connectivity index (χ0) is 15.2. The van der Waals surface area contributed by atoms with Crippen LogP contribution in [0, 0.1) is 0 Å². The molecule has 20 heavy (non-hydrogen) atoms. The van der Waals surface area contributed by atoms with E-state index in [1.165, 1.54) is 18.2 Å². The van der Waals surface area contributed by atoms with Gasteiger partial charge in [-0.15, -0.1) is 0 Å². The maximum atomic E-state index is 12.3. The zero-order valence-electron chi connectivity index (χ0n) is 11.1. The highest BCUT2D eigenvalue weighted by Gasteiger charge is 2.31. The Bertz CT molecular complexity index is 407. The van der Waals surface area contributed by atoms with E-state index in [2.05, 4.69) is 0 Å². The number of aliphatic hydroxyl groups excluding tert-OH is 1. The first-order valence-electron chi connectivity index (χ1n) is 5.98. The van der Waals surface area contributed by atoms with E-state index in [1.807, 2.05) is 0 Å². The predicted octanol–water partition coefficient (Wildman–Crippen LogP) is 1.09. The summed E-state index contributed by atoms with van der Waals surface area (Å²) in [7, 11) is 1.48. The van der Waals surface area contributed by atoms with Crippen LogP contribution in [0.2, 0.25) is 0 Å². The van der Waals surface area contributed by atoms with Crippen LogP contribution in [0.15, 0.2) is 22.8 Å². The molecule has 114 valence electrons. The maximum Gasteiger partial charge on any atom is 0.401 e. The van der Waals surface area contributed by atoms with Gasteiger partial charge in [-0.1, -0.05) is 0 Å². The van der Waals surface area contributed by atoms with Crippen LogP contribution >= 0.6 is 0 Å². The van der Waals surface area contributed by atoms with Crippen molar-refractivity contribution >= 4 is 5.91 Å². The van der Waals surface area contributed by atoms with Crippen LogP contribution in [0.25, 0.3) is 0 Å². The Balaban J connectivity index is 2.51. The van der Waals surface area contributed by atoms with E-state index in [1.54, 1.807) is 12.1 Å². The topological polar surface area (TPSA) is 56.9 Å². The Hall–Kier alpha value is -1.54. The van der Waals surface area contributed by atoms with Gasteiger partial charge in [0.2, 0.25) is 5.91 Å². The van der Waals surface area contributed by atoms with Crippen molar-refractivity contribution in [3.8, 4) is 0 Å². The van der Waals surface area contributed by atoms with E-state index in [0.717, 1.165) is 4.90 Å². The van der Waals surface area contributed by atoms with Crippen molar-refractivity contribution in [1.29, 1.82) is 0 Å². The van der Waals surface area contributed by atoms with Gasteiger partial charge in [-0.05, 0) is 12.1 Å². The van der Waals surface area contributed by atoms with Crippen molar-refractivity contribution in [3.05, 3.63) is 24.2 Å². The lowest BCUT2D eigenvalue weighted by Gasteiger charge is -2.24. The van der Waals surface area contributed by atoms with Gasteiger partial charge in [0.1, 0.15) is 5.76 Å². The number of likely N-dealkylation sites (N-methyl/N-ethyl adjacent to an activating group) is 1. The molecule has 0 aromatic carbocycles. The summed E-state index contributed by atoms with van der Waals surface area (Å²) in [6, 6.07) is 3.33. The molecule has 0 bridgehead atoms. The molecule has 0 radical (unpaired) electrons. The molecule has 5 nitrogen and oxygen atoms in total. The first kappa shape index (κ1) is 16.5. The molecule has 0 aliphatic rings. The van der Waals surface area contributed by atoms with Gasteiger partial charge in [0.25, 0.3) is 0 Å². The van der Waals surface area contributed by atoms with Crippen molar-refractivity contribution in [2.45, 2.75) is 12.7 Å². The number of hydrogen-bond donors (Lipinski definition) is 1. The number of amides is 1. The lowest BCUT2D eigenvalue weighted by Crippen LogP contribution is -2.43. The Morgan fingerprint density at radius 3 is 2.65 bits per heavy atom. The summed E-state index contributed by atoms with van der Waals surface area (Å²) in [4.78, 5) is 14.0. The molecular formula is C12H17F3N2O3. The second kappa shape index (κ2) is 7.30. The van der Waals surface area contributed by atoms with Crippen LogP contribution in [0.1, 0.15) is 5.76 Å². The third kappa shape index (κ3) is 6.07. The third-order valence-corrected chi connectivity index (χ3v) is 2.58. The lowest BCUT2D eigenvalue weighted by atomic mass is 10.3.